The van der Waals surface area contributed by atoms with Crippen molar-refractivity contribution < 1.29 is 24.3 Å². The molecule has 0 bridgehead atoms. The summed E-state index contributed by atoms with van der Waals surface area (Å²) in [4.78, 5) is 54.0. The highest BCUT2D eigenvalue weighted by atomic mass is 16.3. The lowest BCUT2D eigenvalue weighted by Crippen LogP contribution is -2.53. The zero-order valence-electron chi connectivity index (χ0n) is 24.7. The molecule has 236 valence electrons. The monoisotopic (exact) mass is 615 g/mol. The standard InChI is InChI=1S/C31H37N9O5/c32-15-27(42)33-17-29(44)36-24(13-20-7-2-1-3-8-20)31(45)34-16-28(43)35-19-39-18-21-9-6-12-40(21)25-14-23(37-38-30(25)39)22-10-4-5-11-26(22)41/h1-5,7-8,10-11,14,21,24,41H,6,9,12-13,15-19,32H2,(H,33,42)(H,34,45)(H,35,43)(H,36,44). The van der Waals surface area contributed by atoms with Gasteiger partial charge < -0.3 is 41.9 Å². The minimum atomic E-state index is -0.974. The molecule has 14 heteroatoms. The maximum atomic E-state index is 13.1. The number of aromatic nitrogens is 2. The van der Waals surface area contributed by atoms with Gasteiger partial charge in [-0.1, -0.05) is 42.5 Å². The number of phenols is 1. The number of carbonyl (C=O) groups is 4. The molecule has 0 aliphatic carbocycles. The van der Waals surface area contributed by atoms with Gasteiger partial charge in [0.15, 0.2) is 5.82 Å². The summed E-state index contributed by atoms with van der Waals surface area (Å²) in [6.07, 6.45) is 2.22. The molecule has 2 aliphatic rings. The van der Waals surface area contributed by atoms with E-state index in [-0.39, 0.29) is 44.5 Å². The molecule has 2 unspecified atom stereocenters. The van der Waals surface area contributed by atoms with Crippen molar-refractivity contribution >= 4 is 35.1 Å². The lowest BCUT2D eigenvalue weighted by molar-refractivity contribution is -0.130. The number of nitrogens with two attached hydrogens (primary N) is 1. The Bertz CT molecular complexity index is 1540. The number of benzene rings is 2. The number of carbonyl (C=O) groups excluding carboxylic acids is 4. The topological polar surface area (TPSA) is 195 Å². The summed E-state index contributed by atoms with van der Waals surface area (Å²) in [6.45, 7) is 0.789. The molecule has 4 amide bonds. The largest absolute Gasteiger partial charge is 0.507 e. The number of hydrogen-bond acceptors (Lipinski definition) is 10. The van der Waals surface area contributed by atoms with Crippen molar-refractivity contribution in [3.63, 3.8) is 0 Å². The van der Waals surface area contributed by atoms with E-state index in [1.54, 1.807) is 18.2 Å². The molecule has 1 fully saturated rings. The van der Waals surface area contributed by atoms with Gasteiger partial charge in [0, 0.05) is 31.1 Å². The highest BCUT2D eigenvalue weighted by molar-refractivity contribution is 5.92. The molecule has 1 aromatic heterocycles. The number of fused-ring (bicyclic) bond motifs is 3. The number of anilines is 2. The molecular formula is C31H37N9O5. The molecule has 2 aliphatic heterocycles. The number of amides is 4. The summed E-state index contributed by atoms with van der Waals surface area (Å²) >= 11 is 0. The third kappa shape index (κ3) is 7.84. The highest BCUT2D eigenvalue weighted by Crippen LogP contribution is 2.40. The minimum Gasteiger partial charge on any atom is -0.507 e. The van der Waals surface area contributed by atoms with Gasteiger partial charge in [-0.2, -0.15) is 0 Å². The first-order valence-corrected chi connectivity index (χ1v) is 14.8. The number of nitrogens with one attached hydrogen (secondary N) is 4. The molecule has 1 saturated heterocycles. The van der Waals surface area contributed by atoms with E-state index in [2.05, 4.69) is 36.4 Å². The number of rotatable bonds is 12. The maximum Gasteiger partial charge on any atom is 0.243 e. The fraction of sp³-hybridized carbons (Fsp3) is 0.355. The second-order valence-electron chi connectivity index (χ2n) is 10.9. The fourth-order valence-corrected chi connectivity index (χ4v) is 5.55. The van der Waals surface area contributed by atoms with Gasteiger partial charge in [0.05, 0.1) is 37.7 Å². The molecule has 7 N–H and O–H groups in total. The average Bonchev–Trinajstić information content (AvgIpc) is 3.54. The van der Waals surface area contributed by atoms with Crippen LogP contribution in [0.4, 0.5) is 11.5 Å². The van der Waals surface area contributed by atoms with Crippen LogP contribution in [0.1, 0.15) is 18.4 Å². The minimum absolute atomic E-state index is 0.121. The van der Waals surface area contributed by atoms with Gasteiger partial charge in [-0.15, -0.1) is 10.2 Å². The smallest absolute Gasteiger partial charge is 0.243 e. The maximum absolute atomic E-state index is 13.1. The summed E-state index contributed by atoms with van der Waals surface area (Å²) in [5.74, 6) is -1.27. The summed E-state index contributed by atoms with van der Waals surface area (Å²) in [5, 5.41) is 29.6. The van der Waals surface area contributed by atoms with E-state index >= 15 is 0 Å². The highest BCUT2D eigenvalue weighted by Gasteiger charge is 2.36. The molecule has 0 saturated carbocycles. The van der Waals surface area contributed by atoms with Crippen LogP contribution >= 0.6 is 0 Å². The molecule has 3 aromatic rings. The Hall–Kier alpha value is -5.24. The van der Waals surface area contributed by atoms with E-state index in [0.717, 1.165) is 30.6 Å². The van der Waals surface area contributed by atoms with Crippen LogP contribution in [0, 0.1) is 0 Å². The second kappa shape index (κ2) is 14.5. The predicted octanol–water partition coefficient (Wildman–Crippen LogP) is -0.370. The van der Waals surface area contributed by atoms with Gasteiger partial charge in [0.2, 0.25) is 23.6 Å². The van der Waals surface area contributed by atoms with Gasteiger partial charge >= 0.3 is 0 Å². The predicted molar refractivity (Wildman–Crippen MR) is 167 cm³/mol. The van der Waals surface area contributed by atoms with Crippen LogP contribution in [0.2, 0.25) is 0 Å². The van der Waals surface area contributed by atoms with E-state index in [1.807, 2.05) is 47.4 Å². The van der Waals surface area contributed by atoms with Crippen molar-refractivity contribution in [3.8, 4) is 17.0 Å². The Morgan fingerprint density at radius 1 is 0.933 bits per heavy atom. The van der Waals surface area contributed by atoms with Gasteiger partial charge in [-0.3, -0.25) is 19.2 Å². The molecule has 45 heavy (non-hydrogen) atoms. The molecule has 3 heterocycles. The molecule has 5 rings (SSSR count). The van der Waals surface area contributed by atoms with Crippen molar-refractivity contribution in [2.45, 2.75) is 31.3 Å². The van der Waals surface area contributed by atoms with Gasteiger partial charge in [-0.25, -0.2) is 0 Å². The zero-order chi connectivity index (χ0) is 31.8. The lowest BCUT2D eigenvalue weighted by atomic mass is 10.1. The second-order valence-corrected chi connectivity index (χ2v) is 10.9. The Morgan fingerprint density at radius 2 is 1.69 bits per heavy atom. The number of para-hydroxylation sites is 1. The van der Waals surface area contributed by atoms with Crippen LogP contribution in [-0.2, 0) is 25.6 Å². The van der Waals surface area contributed by atoms with Crippen molar-refractivity contribution in [3.05, 3.63) is 66.2 Å². The summed E-state index contributed by atoms with van der Waals surface area (Å²) < 4.78 is 0. The SMILES string of the molecule is NCC(=O)NCC(=O)NC(Cc1ccccc1)C(=O)NCC(=O)NCN1CC2CCCN2c2cc(-c3ccccc3O)nnc21. The number of aromatic hydroxyl groups is 1. The number of nitrogens with zero attached hydrogens (tertiary/aromatic N) is 4. The van der Waals surface area contributed by atoms with Crippen molar-refractivity contribution in [1.82, 2.24) is 31.5 Å². The molecular weight excluding hydrogens is 578 g/mol. The molecule has 2 atom stereocenters. The van der Waals surface area contributed by atoms with Crippen LogP contribution in [0.3, 0.4) is 0 Å². The molecule has 14 nitrogen and oxygen atoms in total. The quantitative estimate of drug-likeness (QED) is 0.157. The molecule has 0 spiro atoms. The third-order valence-corrected chi connectivity index (χ3v) is 7.81. The van der Waals surface area contributed by atoms with E-state index in [1.165, 1.54) is 0 Å². The van der Waals surface area contributed by atoms with Crippen LogP contribution in [0.25, 0.3) is 11.3 Å². The fourth-order valence-electron chi connectivity index (χ4n) is 5.55. The zero-order valence-corrected chi connectivity index (χ0v) is 24.7. The summed E-state index contributed by atoms with van der Waals surface area (Å²) in [6, 6.07) is 17.3. The number of phenolic OH excluding ortho intramolecular Hbond substituents is 1. The molecule has 2 aromatic carbocycles. The van der Waals surface area contributed by atoms with Crippen LogP contribution in [0.15, 0.2) is 60.7 Å². The average molecular weight is 616 g/mol. The van der Waals surface area contributed by atoms with E-state index < -0.39 is 29.7 Å². The first-order valence-electron chi connectivity index (χ1n) is 14.8. The van der Waals surface area contributed by atoms with Crippen LogP contribution in [0.5, 0.6) is 5.75 Å². The lowest BCUT2D eigenvalue weighted by Gasteiger charge is -2.40. The van der Waals surface area contributed by atoms with E-state index in [4.69, 9.17) is 5.73 Å². The van der Waals surface area contributed by atoms with Gasteiger partial charge in [0.1, 0.15) is 11.8 Å². The van der Waals surface area contributed by atoms with Crippen molar-refractivity contribution in [1.29, 1.82) is 0 Å². The first kappa shape index (κ1) is 31.2. The van der Waals surface area contributed by atoms with Crippen molar-refractivity contribution in [2.24, 2.45) is 5.73 Å². The Labute approximate surface area is 260 Å². The van der Waals surface area contributed by atoms with Gasteiger partial charge in [-0.05, 0) is 36.6 Å². The van der Waals surface area contributed by atoms with Crippen LogP contribution < -0.4 is 36.8 Å². The normalized spacial score (nSPS) is 15.8. The van der Waals surface area contributed by atoms with Crippen LogP contribution in [-0.4, -0.2) is 90.4 Å². The number of hydrogen-bond donors (Lipinski definition) is 6. The summed E-state index contributed by atoms with van der Waals surface area (Å²) in [5.41, 5.74) is 8.11. The first-order chi connectivity index (χ1) is 21.8. The summed E-state index contributed by atoms with van der Waals surface area (Å²) in [7, 11) is 0. The molecule has 0 radical (unpaired) electrons. The third-order valence-electron chi connectivity index (χ3n) is 7.81. The van der Waals surface area contributed by atoms with E-state index in [9.17, 15) is 24.3 Å². The van der Waals surface area contributed by atoms with Gasteiger partial charge in [0.25, 0.3) is 0 Å². The Balaban J connectivity index is 1.20. The van der Waals surface area contributed by atoms with Crippen molar-refractivity contribution in [2.75, 3.05) is 49.2 Å². The van der Waals surface area contributed by atoms with E-state index in [0.29, 0.717) is 23.6 Å². The Morgan fingerprint density at radius 3 is 2.47 bits per heavy atom. The Kier molecular flexibility index (Phi) is 10.0.